The van der Waals surface area contributed by atoms with Crippen LogP contribution in [0, 0.1) is 12.7 Å². The number of aromatic amines is 1. The molecule has 0 radical (unpaired) electrons. The Kier molecular flexibility index (Phi) is 2.33. The fraction of sp³-hybridized carbons (Fsp3) is 0.0909. The number of aryl methyl sites for hydroxylation is 1. The number of hydrogen-bond donors (Lipinski definition) is 1. The molecular weight excluding hydrogens is 195 g/mol. The van der Waals surface area contributed by atoms with Gasteiger partial charge in [-0.15, -0.1) is 0 Å². The van der Waals surface area contributed by atoms with Gasteiger partial charge >= 0.3 is 0 Å². The minimum Gasteiger partial charge on any atom is -0.339 e. The molecule has 1 aromatic heterocycles. The van der Waals surface area contributed by atoms with Crippen molar-refractivity contribution in [3.05, 3.63) is 41.6 Å². The SMILES string of the molecule is Cc1[nH]c(C=O)nc1-c1ccc(F)cc1. The Morgan fingerprint density at radius 3 is 2.53 bits per heavy atom. The van der Waals surface area contributed by atoms with E-state index >= 15 is 0 Å². The van der Waals surface area contributed by atoms with Crippen LogP contribution in [0.4, 0.5) is 4.39 Å². The first kappa shape index (κ1) is 9.58. The van der Waals surface area contributed by atoms with E-state index < -0.39 is 0 Å². The van der Waals surface area contributed by atoms with Gasteiger partial charge in [-0.1, -0.05) is 0 Å². The molecule has 0 spiro atoms. The summed E-state index contributed by atoms with van der Waals surface area (Å²) in [5.41, 5.74) is 2.26. The van der Waals surface area contributed by atoms with Gasteiger partial charge in [-0.25, -0.2) is 9.37 Å². The van der Waals surface area contributed by atoms with Crippen LogP contribution in [0.2, 0.25) is 0 Å². The van der Waals surface area contributed by atoms with Crippen molar-refractivity contribution < 1.29 is 9.18 Å². The second-order valence-electron chi connectivity index (χ2n) is 3.22. The molecule has 0 fully saturated rings. The lowest BCUT2D eigenvalue weighted by Crippen LogP contribution is -1.82. The summed E-state index contributed by atoms with van der Waals surface area (Å²) >= 11 is 0. The number of carbonyl (C=O) groups is 1. The van der Waals surface area contributed by atoms with E-state index in [-0.39, 0.29) is 11.6 Å². The van der Waals surface area contributed by atoms with Crippen LogP contribution in [0.3, 0.4) is 0 Å². The lowest BCUT2D eigenvalue weighted by molar-refractivity contribution is 0.111. The van der Waals surface area contributed by atoms with E-state index in [9.17, 15) is 9.18 Å². The average Bonchev–Trinajstić information content (AvgIpc) is 2.61. The largest absolute Gasteiger partial charge is 0.339 e. The van der Waals surface area contributed by atoms with Crippen LogP contribution in [-0.2, 0) is 0 Å². The molecule has 2 rings (SSSR count). The highest BCUT2D eigenvalue weighted by Gasteiger charge is 2.07. The Balaban J connectivity index is 2.48. The van der Waals surface area contributed by atoms with Crippen molar-refractivity contribution in [3.8, 4) is 11.3 Å². The number of rotatable bonds is 2. The van der Waals surface area contributed by atoms with Crippen molar-refractivity contribution in [3.63, 3.8) is 0 Å². The Hall–Kier alpha value is -1.97. The van der Waals surface area contributed by atoms with E-state index in [4.69, 9.17) is 0 Å². The molecule has 0 aliphatic heterocycles. The smallest absolute Gasteiger partial charge is 0.185 e. The molecule has 0 atom stereocenters. The zero-order valence-corrected chi connectivity index (χ0v) is 8.12. The number of benzene rings is 1. The van der Waals surface area contributed by atoms with Gasteiger partial charge in [0.1, 0.15) is 5.82 Å². The van der Waals surface area contributed by atoms with Crippen molar-refractivity contribution in [1.82, 2.24) is 9.97 Å². The van der Waals surface area contributed by atoms with Crippen LogP contribution in [0.5, 0.6) is 0 Å². The van der Waals surface area contributed by atoms with Gasteiger partial charge in [-0.05, 0) is 31.2 Å². The number of carbonyl (C=O) groups excluding carboxylic acids is 1. The third-order valence-electron chi connectivity index (χ3n) is 2.13. The Labute approximate surface area is 86.0 Å². The molecular formula is C11H9FN2O. The second-order valence-corrected chi connectivity index (χ2v) is 3.22. The molecule has 1 N–H and O–H groups in total. The van der Waals surface area contributed by atoms with Gasteiger partial charge in [0.25, 0.3) is 0 Å². The predicted octanol–water partition coefficient (Wildman–Crippen LogP) is 2.34. The molecule has 1 aromatic carbocycles. The molecule has 15 heavy (non-hydrogen) atoms. The highest BCUT2D eigenvalue weighted by atomic mass is 19.1. The monoisotopic (exact) mass is 204 g/mol. The van der Waals surface area contributed by atoms with E-state index in [2.05, 4.69) is 9.97 Å². The first-order valence-corrected chi connectivity index (χ1v) is 4.48. The van der Waals surface area contributed by atoms with E-state index in [1.54, 1.807) is 12.1 Å². The van der Waals surface area contributed by atoms with Crippen molar-refractivity contribution in [2.75, 3.05) is 0 Å². The molecule has 3 nitrogen and oxygen atoms in total. The maximum Gasteiger partial charge on any atom is 0.185 e. The fourth-order valence-electron chi connectivity index (χ4n) is 1.43. The second kappa shape index (κ2) is 3.65. The molecule has 0 unspecified atom stereocenters. The first-order valence-electron chi connectivity index (χ1n) is 4.48. The van der Waals surface area contributed by atoms with Gasteiger partial charge in [-0.3, -0.25) is 4.79 Å². The van der Waals surface area contributed by atoms with Gasteiger partial charge in [-0.2, -0.15) is 0 Å². The molecule has 2 aromatic rings. The highest BCUT2D eigenvalue weighted by Crippen LogP contribution is 2.20. The molecule has 4 heteroatoms. The summed E-state index contributed by atoms with van der Waals surface area (Å²) in [6.45, 7) is 1.82. The summed E-state index contributed by atoms with van der Waals surface area (Å²) in [7, 11) is 0. The summed E-state index contributed by atoms with van der Waals surface area (Å²) in [6.07, 6.45) is 0.653. The summed E-state index contributed by atoms with van der Waals surface area (Å²) in [5.74, 6) is -0.00521. The molecule has 0 aliphatic rings. The number of aromatic nitrogens is 2. The van der Waals surface area contributed by atoms with Crippen molar-refractivity contribution in [2.45, 2.75) is 6.92 Å². The van der Waals surface area contributed by atoms with Crippen LogP contribution < -0.4 is 0 Å². The first-order chi connectivity index (χ1) is 7.20. The molecule has 0 saturated heterocycles. The maximum absolute atomic E-state index is 12.7. The van der Waals surface area contributed by atoms with Crippen molar-refractivity contribution in [1.29, 1.82) is 0 Å². The summed E-state index contributed by atoms with van der Waals surface area (Å²) in [6, 6.07) is 5.99. The molecule has 0 aliphatic carbocycles. The third kappa shape index (κ3) is 1.79. The number of imidazole rings is 1. The predicted molar refractivity (Wildman–Crippen MR) is 54.1 cm³/mol. The maximum atomic E-state index is 12.7. The van der Waals surface area contributed by atoms with Gasteiger partial charge in [0.05, 0.1) is 5.69 Å². The average molecular weight is 204 g/mol. The Bertz CT molecular complexity index is 488. The zero-order valence-electron chi connectivity index (χ0n) is 8.12. The van der Waals surface area contributed by atoms with Crippen LogP contribution in [0.25, 0.3) is 11.3 Å². The van der Waals surface area contributed by atoms with Crippen LogP contribution in [0.15, 0.2) is 24.3 Å². The van der Waals surface area contributed by atoms with Crippen molar-refractivity contribution in [2.24, 2.45) is 0 Å². The highest BCUT2D eigenvalue weighted by molar-refractivity contribution is 5.73. The summed E-state index contributed by atoms with van der Waals surface area (Å²) < 4.78 is 12.7. The number of nitrogens with zero attached hydrogens (tertiary/aromatic N) is 1. The minimum absolute atomic E-state index is 0.284. The third-order valence-corrected chi connectivity index (χ3v) is 2.13. The number of H-pyrrole nitrogens is 1. The van der Waals surface area contributed by atoms with Crippen LogP contribution >= 0.6 is 0 Å². The lowest BCUT2D eigenvalue weighted by atomic mass is 10.1. The molecule has 76 valence electrons. The number of nitrogens with one attached hydrogen (secondary N) is 1. The minimum atomic E-state index is -0.289. The normalized spacial score (nSPS) is 10.3. The molecule has 1 heterocycles. The van der Waals surface area contributed by atoms with Gasteiger partial charge in [0.2, 0.25) is 0 Å². The van der Waals surface area contributed by atoms with Gasteiger partial charge < -0.3 is 4.98 Å². The van der Waals surface area contributed by atoms with Gasteiger partial charge in [0, 0.05) is 11.3 Å². The Morgan fingerprint density at radius 1 is 1.33 bits per heavy atom. The molecule has 0 bridgehead atoms. The lowest BCUT2D eigenvalue weighted by Gasteiger charge is -1.97. The van der Waals surface area contributed by atoms with E-state index in [1.165, 1.54) is 12.1 Å². The molecule has 0 saturated carbocycles. The number of halogens is 1. The standard InChI is InChI=1S/C11H9FN2O/c1-7-11(14-10(6-15)13-7)8-2-4-9(12)5-3-8/h2-6H,1H3,(H,13,14). The van der Waals surface area contributed by atoms with E-state index in [0.717, 1.165) is 11.3 Å². The van der Waals surface area contributed by atoms with Crippen molar-refractivity contribution >= 4 is 6.29 Å². The zero-order chi connectivity index (χ0) is 10.8. The fourth-order valence-corrected chi connectivity index (χ4v) is 1.43. The van der Waals surface area contributed by atoms with Crippen LogP contribution in [0.1, 0.15) is 16.3 Å². The quantitative estimate of drug-likeness (QED) is 0.763. The van der Waals surface area contributed by atoms with Crippen LogP contribution in [-0.4, -0.2) is 16.3 Å². The Morgan fingerprint density at radius 2 is 2.00 bits per heavy atom. The summed E-state index contributed by atoms with van der Waals surface area (Å²) in [5, 5.41) is 0. The topological polar surface area (TPSA) is 45.8 Å². The number of aldehydes is 1. The van der Waals surface area contributed by atoms with E-state index in [1.807, 2.05) is 6.92 Å². The van der Waals surface area contributed by atoms with E-state index in [0.29, 0.717) is 12.0 Å². The molecule has 0 amide bonds. The number of hydrogen-bond acceptors (Lipinski definition) is 2. The van der Waals surface area contributed by atoms with Gasteiger partial charge in [0.15, 0.2) is 12.1 Å². The summed E-state index contributed by atoms with van der Waals surface area (Å²) in [4.78, 5) is 17.4.